The van der Waals surface area contributed by atoms with Gasteiger partial charge in [0.15, 0.2) is 0 Å². The molecule has 1 N–H and O–H groups in total. The van der Waals surface area contributed by atoms with E-state index in [2.05, 4.69) is 59.9 Å². The Morgan fingerprint density at radius 1 is 1.36 bits per heavy atom. The smallest absolute Gasteiger partial charge is 0.0268 e. The van der Waals surface area contributed by atoms with Crippen LogP contribution in [0.4, 0.5) is 0 Å². The van der Waals surface area contributed by atoms with Gasteiger partial charge < -0.3 is 5.32 Å². The summed E-state index contributed by atoms with van der Waals surface area (Å²) in [6.45, 7) is 9.75. The van der Waals surface area contributed by atoms with Crippen molar-refractivity contribution in [1.82, 2.24) is 5.32 Å². The lowest BCUT2D eigenvalue weighted by Gasteiger charge is -2.06. The Kier molecular flexibility index (Phi) is 4.36. The minimum Gasteiger partial charge on any atom is -0.308 e. The maximum atomic E-state index is 3.77. The van der Waals surface area contributed by atoms with Crippen molar-refractivity contribution in [1.29, 1.82) is 0 Å². The van der Waals surface area contributed by atoms with Gasteiger partial charge in [-0.1, -0.05) is 40.7 Å². The first kappa shape index (κ1) is 11.5. The van der Waals surface area contributed by atoms with E-state index in [4.69, 9.17) is 0 Å². The first-order valence-corrected chi connectivity index (χ1v) is 5.49. The van der Waals surface area contributed by atoms with E-state index < -0.39 is 0 Å². The second-order valence-electron chi connectivity index (χ2n) is 3.54. The molecule has 0 spiro atoms. The molecule has 1 nitrogen and oxygen atoms in total. The van der Waals surface area contributed by atoms with Crippen LogP contribution >= 0.6 is 15.9 Å². The van der Waals surface area contributed by atoms with Crippen molar-refractivity contribution in [3.8, 4) is 0 Å². The van der Waals surface area contributed by atoms with Gasteiger partial charge in [-0.25, -0.2) is 0 Å². The Bertz CT molecular complexity index is 331. The summed E-state index contributed by atoms with van der Waals surface area (Å²) in [5, 5.41) is 3.30. The average Bonchev–Trinajstić information content (AvgIpc) is 2.10. The lowest BCUT2D eigenvalue weighted by atomic mass is 10.1. The van der Waals surface area contributed by atoms with Crippen LogP contribution in [0, 0.1) is 13.8 Å². The normalized spacial score (nSPS) is 10.2. The summed E-state index contributed by atoms with van der Waals surface area (Å²) in [6.07, 6.45) is 0. The maximum Gasteiger partial charge on any atom is 0.0268 e. The Morgan fingerprint density at radius 2 is 2.07 bits per heavy atom. The maximum absolute atomic E-state index is 3.77. The van der Waals surface area contributed by atoms with Gasteiger partial charge in [0.05, 0.1) is 0 Å². The van der Waals surface area contributed by atoms with Gasteiger partial charge in [0.2, 0.25) is 0 Å². The second kappa shape index (κ2) is 5.32. The molecule has 0 saturated heterocycles. The second-order valence-corrected chi connectivity index (χ2v) is 4.66. The molecule has 1 aromatic carbocycles. The highest BCUT2D eigenvalue weighted by Gasteiger charge is 1.96. The zero-order valence-electron chi connectivity index (χ0n) is 8.73. The lowest BCUT2D eigenvalue weighted by Crippen LogP contribution is -2.14. The van der Waals surface area contributed by atoms with E-state index in [0.29, 0.717) is 0 Å². The molecule has 0 unspecified atom stereocenters. The standard InChI is InChI=1S/C12H16BrN/c1-9-4-5-12(6-10(9)2)8-14-7-11(3)13/h4-6,14H,3,7-8H2,1-2H3. The van der Waals surface area contributed by atoms with E-state index >= 15 is 0 Å². The molecule has 0 aliphatic rings. The van der Waals surface area contributed by atoms with Crippen molar-refractivity contribution < 1.29 is 0 Å². The average molecular weight is 254 g/mol. The highest BCUT2D eigenvalue weighted by Crippen LogP contribution is 2.09. The SMILES string of the molecule is C=C(Br)CNCc1ccc(C)c(C)c1. The van der Waals surface area contributed by atoms with E-state index in [-0.39, 0.29) is 0 Å². The minimum atomic E-state index is 0.812. The summed E-state index contributed by atoms with van der Waals surface area (Å²) >= 11 is 3.32. The predicted octanol–water partition coefficient (Wildman–Crippen LogP) is 3.30. The number of aryl methyl sites for hydroxylation is 2. The van der Waals surface area contributed by atoms with Crippen LogP contribution in [0.3, 0.4) is 0 Å². The van der Waals surface area contributed by atoms with Crippen LogP contribution in [0.25, 0.3) is 0 Å². The number of halogens is 1. The van der Waals surface area contributed by atoms with Crippen molar-refractivity contribution in [2.24, 2.45) is 0 Å². The predicted molar refractivity (Wildman–Crippen MR) is 65.7 cm³/mol. The number of hydrogen-bond acceptors (Lipinski definition) is 1. The molecule has 0 fully saturated rings. The molecule has 0 heterocycles. The monoisotopic (exact) mass is 253 g/mol. The molecule has 0 amide bonds. The summed E-state index contributed by atoms with van der Waals surface area (Å²) in [7, 11) is 0. The van der Waals surface area contributed by atoms with Gasteiger partial charge in [-0.15, -0.1) is 0 Å². The molecule has 0 radical (unpaired) electrons. The fraction of sp³-hybridized carbons (Fsp3) is 0.333. The van der Waals surface area contributed by atoms with Crippen molar-refractivity contribution in [3.63, 3.8) is 0 Å². The van der Waals surface area contributed by atoms with Crippen molar-refractivity contribution in [3.05, 3.63) is 46.0 Å². The third kappa shape index (κ3) is 3.64. The quantitative estimate of drug-likeness (QED) is 0.869. The van der Waals surface area contributed by atoms with E-state index in [0.717, 1.165) is 17.6 Å². The molecule has 1 aromatic rings. The van der Waals surface area contributed by atoms with Gasteiger partial charge in [-0.3, -0.25) is 0 Å². The molecule has 1 rings (SSSR count). The van der Waals surface area contributed by atoms with Crippen LogP contribution in [0.15, 0.2) is 29.3 Å². The number of hydrogen-bond donors (Lipinski definition) is 1. The zero-order chi connectivity index (χ0) is 10.6. The van der Waals surface area contributed by atoms with Crippen molar-refractivity contribution in [2.45, 2.75) is 20.4 Å². The number of nitrogens with one attached hydrogen (secondary N) is 1. The molecule has 0 aliphatic heterocycles. The zero-order valence-corrected chi connectivity index (χ0v) is 10.3. The molecular formula is C12H16BrN. The number of rotatable bonds is 4. The molecule has 0 atom stereocenters. The van der Waals surface area contributed by atoms with Crippen LogP contribution < -0.4 is 5.32 Å². The van der Waals surface area contributed by atoms with Crippen LogP contribution in [0.2, 0.25) is 0 Å². The molecule has 14 heavy (non-hydrogen) atoms. The van der Waals surface area contributed by atoms with Gasteiger partial charge in [-0.2, -0.15) is 0 Å². The highest BCUT2D eigenvalue weighted by molar-refractivity contribution is 9.11. The summed E-state index contributed by atoms with van der Waals surface area (Å²) in [5.41, 5.74) is 4.02. The van der Waals surface area contributed by atoms with E-state index in [1.807, 2.05) is 0 Å². The summed E-state index contributed by atoms with van der Waals surface area (Å²) < 4.78 is 0.987. The van der Waals surface area contributed by atoms with Gasteiger partial charge in [-0.05, 0) is 30.5 Å². The molecule has 0 aromatic heterocycles. The van der Waals surface area contributed by atoms with Gasteiger partial charge in [0.25, 0.3) is 0 Å². The Hall–Kier alpha value is -0.600. The third-order valence-electron chi connectivity index (χ3n) is 2.22. The summed E-state index contributed by atoms with van der Waals surface area (Å²) in [5.74, 6) is 0. The molecule has 0 bridgehead atoms. The van der Waals surface area contributed by atoms with Crippen molar-refractivity contribution >= 4 is 15.9 Å². The van der Waals surface area contributed by atoms with Crippen molar-refractivity contribution in [2.75, 3.05) is 6.54 Å². The van der Waals surface area contributed by atoms with Gasteiger partial charge in [0.1, 0.15) is 0 Å². The Morgan fingerprint density at radius 3 is 2.64 bits per heavy atom. The molecule has 0 aliphatic carbocycles. The van der Waals surface area contributed by atoms with Crippen LogP contribution in [-0.2, 0) is 6.54 Å². The topological polar surface area (TPSA) is 12.0 Å². The molecule has 2 heteroatoms. The minimum absolute atomic E-state index is 0.812. The molecule has 0 saturated carbocycles. The van der Waals surface area contributed by atoms with E-state index in [1.165, 1.54) is 16.7 Å². The fourth-order valence-corrected chi connectivity index (χ4v) is 1.45. The number of benzene rings is 1. The summed E-state index contributed by atoms with van der Waals surface area (Å²) in [6, 6.07) is 6.54. The van der Waals surface area contributed by atoms with Crippen LogP contribution in [0.1, 0.15) is 16.7 Å². The van der Waals surface area contributed by atoms with Gasteiger partial charge >= 0.3 is 0 Å². The molecular weight excluding hydrogens is 238 g/mol. The highest BCUT2D eigenvalue weighted by atomic mass is 79.9. The summed E-state index contributed by atoms with van der Waals surface area (Å²) in [4.78, 5) is 0. The third-order valence-corrected chi connectivity index (χ3v) is 2.50. The first-order valence-electron chi connectivity index (χ1n) is 4.69. The fourth-order valence-electron chi connectivity index (χ4n) is 1.26. The van der Waals surface area contributed by atoms with Crippen LogP contribution in [-0.4, -0.2) is 6.54 Å². The largest absolute Gasteiger partial charge is 0.308 e. The van der Waals surface area contributed by atoms with E-state index in [1.54, 1.807) is 0 Å². The van der Waals surface area contributed by atoms with Crippen LogP contribution in [0.5, 0.6) is 0 Å². The first-order chi connectivity index (χ1) is 6.59. The Balaban J connectivity index is 2.51. The molecule has 76 valence electrons. The van der Waals surface area contributed by atoms with E-state index in [9.17, 15) is 0 Å². The lowest BCUT2D eigenvalue weighted by molar-refractivity contribution is 0.756. The Labute approximate surface area is 94.3 Å². The van der Waals surface area contributed by atoms with Gasteiger partial charge in [0, 0.05) is 17.6 Å².